The van der Waals surface area contributed by atoms with Gasteiger partial charge in [-0.05, 0) is 24.6 Å². The molecule has 1 N–H and O–H groups in total. The normalized spacial score (nSPS) is 8.90. The Kier molecular flexibility index (Phi) is 2.05. The minimum absolute atomic E-state index is 0. The number of hydrogen-bond donors (Lipinski definition) is 1. The van der Waals surface area contributed by atoms with Crippen LogP contribution in [0, 0.1) is 6.92 Å². The van der Waals surface area contributed by atoms with Crippen LogP contribution in [-0.4, -0.2) is 6.41 Å². The number of anilines is 1. The average Bonchev–Trinajstić information content (AvgIpc) is 1.88. The second-order valence-electron chi connectivity index (χ2n) is 2.13. The lowest BCUT2D eigenvalue weighted by Crippen LogP contribution is -1.92. The summed E-state index contributed by atoms with van der Waals surface area (Å²) in [6, 6.07) is 7.65. The second-order valence-corrected chi connectivity index (χ2v) is 2.13. The van der Waals surface area contributed by atoms with E-state index < -0.39 is 0 Å². The van der Waals surface area contributed by atoms with Crippen molar-refractivity contribution in [3.63, 3.8) is 0 Å². The third-order valence-corrected chi connectivity index (χ3v) is 1.24. The molecule has 10 heavy (non-hydrogen) atoms. The van der Waals surface area contributed by atoms with Crippen LogP contribution in [0.1, 0.15) is 6.99 Å². The second kappa shape index (κ2) is 3.01. The Morgan fingerprint density at radius 1 is 1.60 bits per heavy atom. The summed E-state index contributed by atoms with van der Waals surface area (Å²) in [5.74, 6) is 0. The molecule has 0 heterocycles. The topological polar surface area (TPSA) is 29.1 Å². The molecule has 1 aromatic carbocycles. The summed E-state index contributed by atoms with van der Waals surface area (Å²) in [6.07, 6.45) is 0.675. The number of benzene rings is 1. The average molecular weight is 137 g/mol. The third kappa shape index (κ3) is 1.58. The molecule has 0 spiro atoms. The molecule has 1 amide bonds. The highest BCUT2D eigenvalue weighted by Crippen LogP contribution is 2.07. The number of carbonyl (C=O) groups is 1. The lowest BCUT2D eigenvalue weighted by atomic mass is 10.2. The lowest BCUT2D eigenvalue weighted by Gasteiger charge is -1.97. The van der Waals surface area contributed by atoms with Gasteiger partial charge in [0, 0.05) is 7.11 Å². The summed E-state index contributed by atoms with van der Waals surface area (Å²) >= 11 is 0. The molecule has 1 aromatic rings. The van der Waals surface area contributed by atoms with Gasteiger partial charge in [0.25, 0.3) is 0 Å². The molecule has 0 saturated heterocycles. The molecule has 1 rings (SSSR count). The summed E-state index contributed by atoms with van der Waals surface area (Å²) in [5, 5.41) is 2.57. The van der Waals surface area contributed by atoms with Gasteiger partial charge in [0.1, 0.15) is 0 Å². The third-order valence-electron chi connectivity index (χ3n) is 1.24. The Morgan fingerprint density at radius 2 is 2.40 bits per heavy atom. The molecule has 0 radical (unpaired) electrons. The first-order chi connectivity index (χ1) is 4.83. The maximum absolute atomic E-state index is 9.97. The van der Waals surface area contributed by atoms with Crippen LogP contribution in [0.2, 0.25) is 0 Å². The van der Waals surface area contributed by atoms with Crippen molar-refractivity contribution in [2.75, 3.05) is 5.32 Å². The van der Waals surface area contributed by atoms with E-state index >= 15 is 0 Å². The molecule has 2 heteroatoms. The molecule has 0 aromatic heterocycles. The minimum atomic E-state index is 0. The van der Waals surface area contributed by atoms with Gasteiger partial charge in [-0.1, -0.05) is 12.1 Å². The highest BCUT2D eigenvalue weighted by atomic mass is 16.1. The van der Waals surface area contributed by atoms with Gasteiger partial charge in [0.15, 0.2) is 0 Å². The predicted molar refractivity (Wildman–Crippen MR) is 43.0 cm³/mol. The Hall–Kier alpha value is -1.31. The van der Waals surface area contributed by atoms with E-state index in [1.807, 2.05) is 31.2 Å². The lowest BCUT2D eigenvalue weighted by molar-refractivity contribution is -0.105. The van der Waals surface area contributed by atoms with Crippen molar-refractivity contribution >= 4 is 12.1 Å². The van der Waals surface area contributed by atoms with Gasteiger partial charge < -0.3 is 5.32 Å². The molecule has 0 aliphatic carbocycles. The molecule has 0 unspecified atom stereocenters. The number of hydrogen-bond acceptors (Lipinski definition) is 1. The summed E-state index contributed by atoms with van der Waals surface area (Å²) in [7, 11) is 0. The standard InChI is InChI=1S/C8H9NO.H2/c1-7-3-2-4-8(5-7)9-6-10;/h2-6H,1H3,(H,9,10);1H. The number of carbonyl (C=O) groups excluding carboxylic acids is 1. The van der Waals surface area contributed by atoms with Crippen LogP contribution in [0.25, 0.3) is 0 Å². The van der Waals surface area contributed by atoms with Gasteiger partial charge in [-0.2, -0.15) is 0 Å². The summed E-state index contributed by atoms with van der Waals surface area (Å²) in [4.78, 5) is 9.97. The van der Waals surface area contributed by atoms with Crippen LogP contribution < -0.4 is 5.32 Å². The van der Waals surface area contributed by atoms with Gasteiger partial charge in [-0.15, -0.1) is 0 Å². The van der Waals surface area contributed by atoms with Gasteiger partial charge in [-0.25, -0.2) is 0 Å². The first-order valence-corrected chi connectivity index (χ1v) is 3.10. The van der Waals surface area contributed by atoms with Crippen LogP contribution in [0.4, 0.5) is 5.69 Å². The van der Waals surface area contributed by atoms with E-state index in [2.05, 4.69) is 5.32 Å². The smallest absolute Gasteiger partial charge is 0.211 e. The van der Waals surface area contributed by atoms with Crippen LogP contribution in [-0.2, 0) is 4.79 Å². The zero-order chi connectivity index (χ0) is 7.40. The summed E-state index contributed by atoms with van der Waals surface area (Å²) in [5.41, 5.74) is 1.99. The predicted octanol–water partition coefficient (Wildman–Crippen LogP) is 1.81. The van der Waals surface area contributed by atoms with Crippen molar-refractivity contribution in [1.82, 2.24) is 0 Å². The van der Waals surface area contributed by atoms with Crippen LogP contribution in [0.5, 0.6) is 0 Å². The Balaban J connectivity index is 0.000001000. The molecule has 0 bridgehead atoms. The van der Waals surface area contributed by atoms with Crippen molar-refractivity contribution in [2.45, 2.75) is 6.92 Å². The van der Waals surface area contributed by atoms with E-state index in [1.54, 1.807) is 0 Å². The summed E-state index contributed by atoms with van der Waals surface area (Å²) in [6.45, 7) is 1.98. The largest absolute Gasteiger partial charge is 0.329 e. The maximum Gasteiger partial charge on any atom is 0.211 e. The van der Waals surface area contributed by atoms with E-state index in [0.717, 1.165) is 11.3 Å². The minimum Gasteiger partial charge on any atom is -0.329 e. The molecule has 0 aliphatic rings. The number of amides is 1. The maximum atomic E-state index is 9.97. The molecular formula is C8H11NO. The zero-order valence-corrected chi connectivity index (χ0v) is 5.79. The molecule has 0 saturated carbocycles. The van der Waals surface area contributed by atoms with E-state index in [9.17, 15) is 4.79 Å². The van der Waals surface area contributed by atoms with Crippen molar-refractivity contribution in [1.29, 1.82) is 0 Å². The molecule has 0 atom stereocenters. The van der Waals surface area contributed by atoms with Gasteiger partial charge in [0.2, 0.25) is 6.41 Å². The van der Waals surface area contributed by atoms with Gasteiger partial charge in [-0.3, -0.25) is 4.79 Å². The number of rotatable bonds is 2. The highest BCUT2D eigenvalue weighted by molar-refractivity contribution is 5.71. The van der Waals surface area contributed by atoms with E-state index in [0.29, 0.717) is 6.41 Å². The molecule has 0 fully saturated rings. The fourth-order valence-electron chi connectivity index (χ4n) is 0.803. The van der Waals surface area contributed by atoms with Gasteiger partial charge in [0.05, 0.1) is 0 Å². The molecule has 2 nitrogen and oxygen atoms in total. The first-order valence-electron chi connectivity index (χ1n) is 3.10. The van der Waals surface area contributed by atoms with Crippen LogP contribution in [0.3, 0.4) is 0 Å². The number of nitrogens with one attached hydrogen (secondary N) is 1. The molecule has 0 aliphatic heterocycles. The van der Waals surface area contributed by atoms with Crippen LogP contribution in [0.15, 0.2) is 24.3 Å². The van der Waals surface area contributed by atoms with Crippen molar-refractivity contribution in [2.24, 2.45) is 0 Å². The Bertz CT molecular complexity index is 237. The number of aryl methyl sites for hydroxylation is 1. The quantitative estimate of drug-likeness (QED) is 0.619. The van der Waals surface area contributed by atoms with E-state index in [4.69, 9.17) is 0 Å². The summed E-state index contributed by atoms with van der Waals surface area (Å²) < 4.78 is 0. The molecular weight excluding hydrogens is 126 g/mol. The SMILES string of the molecule is Cc1cccc(NC=O)c1.[HH]. The van der Waals surface area contributed by atoms with Crippen molar-refractivity contribution in [3.05, 3.63) is 29.8 Å². The fourth-order valence-corrected chi connectivity index (χ4v) is 0.803. The highest BCUT2D eigenvalue weighted by Gasteiger charge is 1.87. The Labute approximate surface area is 61.4 Å². The molecule has 54 valence electrons. The van der Waals surface area contributed by atoms with Gasteiger partial charge >= 0.3 is 0 Å². The van der Waals surface area contributed by atoms with Crippen molar-refractivity contribution < 1.29 is 6.22 Å². The van der Waals surface area contributed by atoms with Crippen LogP contribution >= 0.6 is 0 Å². The monoisotopic (exact) mass is 137 g/mol. The van der Waals surface area contributed by atoms with E-state index in [1.165, 1.54) is 0 Å². The Morgan fingerprint density at radius 3 is 3.00 bits per heavy atom. The van der Waals surface area contributed by atoms with E-state index in [-0.39, 0.29) is 1.43 Å². The zero-order valence-electron chi connectivity index (χ0n) is 5.79. The van der Waals surface area contributed by atoms with Crippen molar-refractivity contribution in [3.8, 4) is 0 Å². The first kappa shape index (κ1) is 6.81. The fraction of sp³-hybridized carbons (Fsp3) is 0.125.